The van der Waals surface area contributed by atoms with Crippen molar-refractivity contribution in [3.05, 3.63) is 34.4 Å². The number of benzene rings is 1. The maximum Gasteiger partial charge on any atom is 0.310 e. The van der Waals surface area contributed by atoms with Crippen LogP contribution in [0.4, 0.5) is 5.69 Å². The number of aromatic hydroxyl groups is 1. The zero-order valence-electron chi connectivity index (χ0n) is 11.3. The van der Waals surface area contributed by atoms with E-state index in [1.807, 2.05) is 0 Å². The van der Waals surface area contributed by atoms with Crippen LogP contribution in [0.25, 0.3) is 0 Å². The first-order valence-corrected chi connectivity index (χ1v) is 6.20. The van der Waals surface area contributed by atoms with Crippen molar-refractivity contribution in [3.8, 4) is 5.75 Å². The van der Waals surface area contributed by atoms with Crippen molar-refractivity contribution in [3.63, 3.8) is 0 Å². The molecule has 1 aliphatic heterocycles. The van der Waals surface area contributed by atoms with Crippen LogP contribution < -0.4 is 0 Å². The minimum Gasteiger partial charge on any atom is -0.502 e. The largest absolute Gasteiger partial charge is 0.502 e. The van der Waals surface area contributed by atoms with Crippen molar-refractivity contribution in [2.45, 2.75) is 30.7 Å². The number of nitro benzene ring substituents is 1. The third kappa shape index (κ3) is 4.34. The highest BCUT2D eigenvalue weighted by Gasteiger charge is 2.42. The number of hydrogen-bond donors (Lipinski definition) is 6. The lowest BCUT2D eigenvalue weighted by Gasteiger charge is -2.37. The van der Waals surface area contributed by atoms with Gasteiger partial charge >= 0.3 is 5.69 Å². The normalized spacial score (nSPS) is 31.0. The molecule has 1 aromatic rings. The molecule has 1 heterocycles. The first-order chi connectivity index (χ1) is 10.3. The Morgan fingerprint density at radius 3 is 2.14 bits per heavy atom. The Morgan fingerprint density at radius 2 is 1.68 bits per heavy atom. The molecule has 0 unspecified atom stereocenters. The van der Waals surface area contributed by atoms with Crippen LogP contribution in [0.5, 0.6) is 5.75 Å². The number of phenolic OH excluding ortho intramolecular Hbond substituents is 1. The van der Waals surface area contributed by atoms with Gasteiger partial charge < -0.3 is 35.4 Å². The molecular formula is C12H17NO9. The van der Waals surface area contributed by atoms with E-state index in [1.54, 1.807) is 0 Å². The van der Waals surface area contributed by atoms with E-state index in [-0.39, 0.29) is 11.4 Å². The zero-order chi connectivity index (χ0) is 16.9. The van der Waals surface area contributed by atoms with Crippen molar-refractivity contribution in [2.75, 3.05) is 6.61 Å². The Kier molecular flexibility index (Phi) is 6.61. The highest BCUT2D eigenvalue weighted by atomic mass is 16.6. The fraction of sp³-hybridized carbons (Fsp3) is 0.500. The van der Waals surface area contributed by atoms with Gasteiger partial charge in [0.1, 0.15) is 24.4 Å². The summed E-state index contributed by atoms with van der Waals surface area (Å²) in [5.41, 5.74) is -0.262. The number of para-hydroxylation sites is 2. The fourth-order valence-corrected chi connectivity index (χ4v) is 1.70. The van der Waals surface area contributed by atoms with E-state index in [2.05, 4.69) is 4.74 Å². The molecule has 0 aliphatic carbocycles. The maximum atomic E-state index is 10.1. The second kappa shape index (κ2) is 7.98. The van der Waals surface area contributed by atoms with Gasteiger partial charge in [0.2, 0.25) is 0 Å². The van der Waals surface area contributed by atoms with Gasteiger partial charge in [0.15, 0.2) is 12.0 Å². The second-order valence-corrected chi connectivity index (χ2v) is 4.47. The number of hydrogen-bond acceptors (Lipinski definition) is 9. The quantitative estimate of drug-likeness (QED) is 0.268. The summed E-state index contributed by atoms with van der Waals surface area (Å²) in [5.74, 6) is -0.299. The third-order valence-electron chi connectivity index (χ3n) is 2.95. The SMILES string of the molecule is O=[N+]([O-])c1ccccc1O.OC[C@H]1O[C@H](O)[C@H](O)[C@@H](O)[C@@H]1O. The lowest BCUT2D eigenvalue weighted by Crippen LogP contribution is -2.58. The number of ether oxygens (including phenoxy) is 1. The van der Waals surface area contributed by atoms with Gasteiger partial charge in [-0.15, -0.1) is 0 Å². The van der Waals surface area contributed by atoms with Crippen LogP contribution in [0, 0.1) is 10.1 Å². The molecule has 0 aromatic heterocycles. The monoisotopic (exact) mass is 319 g/mol. The van der Waals surface area contributed by atoms with Crippen LogP contribution in [0.1, 0.15) is 0 Å². The Balaban J connectivity index is 0.000000224. The third-order valence-corrected chi connectivity index (χ3v) is 2.95. The van der Waals surface area contributed by atoms with Gasteiger partial charge in [0.25, 0.3) is 0 Å². The number of nitro groups is 1. The summed E-state index contributed by atoms with van der Waals surface area (Å²) in [4.78, 5) is 9.44. The van der Waals surface area contributed by atoms with Crippen LogP contribution in [0.2, 0.25) is 0 Å². The molecule has 1 aliphatic rings. The molecule has 10 nitrogen and oxygen atoms in total. The van der Waals surface area contributed by atoms with Gasteiger partial charge in [0.05, 0.1) is 11.5 Å². The minimum absolute atomic E-state index is 0.262. The number of phenols is 1. The van der Waals surface area contributed by atoms with Crippen LogP contribution in [0.15, 0.2) is 24.3 Å². The van der Waals surface area contributed by atoms with Gasteiger partial charge in [-0.05, 0) is 6.07 Å². The van der Waals surface area contributed by atoms with Crippen LogP contribution in [-0.4, -0.2) is 72.9 Å². The molecule has 1 saturated heterocycles. The number of nitrogens with zero attached hydrogens (tertiary/aromatic N) is 1. The lowest BCUT2D eigenvalue weighted by molar-refractivity contribution is -0.385. The zero-order valence-corrected chi connectivity index (χ0v) is 11.3. The summed E-state index contributed by atoms with van der Waals surface area (Å²) < 4.78 is 4.58. The Labute approximate surface area is 124 Å². The molecule has 0 bridgehead atoms. The van der Waals surface area contributed by atoms with E-state index in [9.17, 15) is 10.1 Å². The van der Waals surface area contributed by atoms with E-state index in [0.29, 0.717) is 0 Å². The molecule has 0 saturated carbocycles. The van der Waals surface area contributed by atoms with Crippen LogP contribution >= 0.6 is 0 Å². The van der Waals surface area contributed by atoms with E-state index < -0.39 is 42.2 Å². The fourth-order valence-electron chi connectivity index (χ4n) is 1.70. The minimum atomic E-state index is -1.57. The van der Waals surface area contributed by atoms with E-state index in [1.165, 1.54) is 24.3 Å². The van der Waals surface area contributed by atoms with Gasteiger partial charge in [-0.1, -0.05) is 12.1 Å². The van der Waals surface area contributed by atoms with Gasteiger partial charge in [-0.2, -0.15) is 0 Å². The summed E-state index contributed by atoms with van der Waals surface area (Å²) in [6, 6.07) is 5.55. The molecule has 6 N–H and O–H groups in total. The highest BCUT2D eigenvalue weighted by Crippen LogP contribution is 2.23. The lowest BCUT2D eigenvalue weighted by atomic mass is 10.00. The summed E-state index contributed by atoms with van der Waals surface area (Å²) in [7, 11) is 0. The molecular weight excluding hydrogens is 302 g/mol. The van der Waals surface area contributed by atoms with Crippen molar-refractivity contribution >= 4 is 5.69 Å². The molecule has 0 radical (unpaired) electrons. The van der Waals surface area contributed by atoms with Crippen molar-refractivity contribution in [1.82, 2.24) is 0 Å². The number of aliphatic hydroxyl groups excluding tert-OH is 5. The van der Waals surface area contributed by atoms with Crippen LogP contribution in [0.3, 0.4) is 0 Å². The Morgan fingerprint density at radius 1 is 1.09 bits per heavy atom. The summed E-state index contributed by atoms with van der Waals surface area (Å²) in [6.07, 6.45) is -7.04. The Hall–Kier alpha value is -1.82. The van der Waals surface area contributed by atoms with E-state index >= 15 is 0 Å². The summed E-state index contributed by atoms with van der Waals surface area (Å²) in [6.45, 7) is -0.526. The van der Waals surface area contributed by atoms with E-state index in [0.717, 1.165) is 0 Å². The molecule has 2 rings (SSSR count). The van der Waals surface area contributed by atoms with Crippen molar-refractivity contribution in [2.24, 2.45) is 0 Å². The Bertz CT molecular complexity index is 492. The molecule has 124 valence electrons. The first kappa shape index (κ1) is 18.2. The predicted octanol–water partition coefficient (Wildman–Crippen LogP) is -1.92. The van der Waals surface area contributed by atoms with Gasteiger partial charge in [-0.25, -0.2) is 0 Å². The highest BCUT2D eigenvalue weighted by molar-refractivity contribution is 5.44. The molecule has 10 heteroatoms. The number of rotatable bonds is 2. The second-order valence-electron chi connectivity index (χ2n) is 4.47. The van der Waals surface area contributed by atoms with Crippen LogP contribution in [-0.2, 0) is 4.74 Å². The molecule has 0 amide bonds. The molecule has 1 fully saturated rings. The van der Waals surface area contributed by atoms with Crippen molar-refractivity contribution < 1.29 is 40.3 Å². The van der Waals surface area contributed by atoms with E-state index in [4.69, 9.17) is 30.6 Å². The summed E-state index contributed by atoms with van der Waals surface area (Å²) >= 11 is 0. The van der Waals surface area contributed by atoms with Gasteiger partial charge in [-0.3, -0.25) is 10.1 Å². The summed E-state index contributed by atoms with van der Waals surface area (Å²) in [5, 5.41) is 63.6. The maximum absolute atomic E-state index is 10.1. The van der Waals surface area contributed by atoms with Gasteiger partial charge in [0, 0.05) is 6.07 Å². The number of aliphatic hydroxyl groups is 5. The smallest absolute Gasteiger partial charge is 0.310 e. The average Bonchev–Trinajstić information content (AvgIpc) is 2.49. The standard InChI is InChI=1S/C6H5NO3.C6H12O6/c8-6-4-2-1-3-5(6)7(9)10;7-1-2-3(8)4(9)5(10)6(11)12-2/h1-4,8H;2-11H,1H2/t;2-,3-,4+,5-,6+/m.1/s1. The average molecular weight is 319 g/mol. The molecule has 1 aromatic carbocycles. The van der Waals surface area contributed by atoms with Crippen molar-refractivity contribution in [1.29, 1.82) is 0 Å². The predicted molar refractivity (Wildman–Crippen MR) is 70.7 cm³/mol. The molecule has 22 heavy (non-hydrogen) atoms. The molecule has 5 atom stereocenters. The topological polar surface area (TPSA) is 174 Å². The first-order valence-electron chi connectivity index (χ1n) is 6.20. The molecule has 0 spiro atoms.